The standard InChI is InChI=1S/C25H34N2O5S/c1-19(2)16-24(25(28)26(29)17-20-10-7-11-20)27(18-21-8-5-4-6-9-21)33(30,31)23-14-12-22(32-3)13-15-23/h4-6,8-9,12-15,19-20,24,29H,7,10-11,16-18H2,1-3H3/t24-/m0/s1. The number of sulfonamides is 1. The fourth-order valence-electron chi connectivity index (χ4n) is 3.98. The number of amides is 1. The van der Waals surface area contributed by atoms with Crippen LogP contribution >= 0.6 is 0 Å². The van der Waals surface area contributed by atoms with E-state index >= 15 is 0 Å². The third-order valence-corrected chi connectivity index (χ3v) is 7.95. The Bertz CT molecular complexity index is 1000. The number of rotatable bonds is 11. The van der Waals surface area contributed by atoms with Gasteiger partial charge in [0.15, 0.2) is 0 Å². The summed E-state index contributed by atoms with van der Waals surface area (Å²) < 4.78 is 34.0. The van der Waals surface area contributed by atoms with Crippen molar-refractivity contribution < 1.29 is 23.2 Å². The molecular weight excluding hydrogens is 440 g/mol. The molecule has 1 amide bonds. The highest BCUT2D eigenvalue weighted by Gasteiger charge is 2.39. The molecule has 0 bridgehead atoms. The first-order chi connectivity index (χ1) is 15.7. The number of hydroxylamine groups is 2. The van der Waals surface area contributed by atoms with Gasteiger partial charge in [-0.15, -0.1) is 0 Å². The number of nitrogens with zero attached hydrogens (tertiary/aromatic N) is 2. The second kappa shape index (κ2) is 11.1. The first-order valence-corrected chi connectivity index (χ1v) is 12.9. The number of ether oxygens (including phenoxy) is 1. The molecule has 0 heterocycles. The van der Waals surface area contributed by atoms with Gasteiger partial charge in [0, 0.05) is 6.54 Å². The van der Waals surface area contributed by atoms with Gasteiger partial charge in [-0.25, -0.2) is 13.5 Å². The Hall–Kier alpha value is -2.42. The minimum atomic E-state index is -4.05. The van der Waals surface area contributed by atoms with Crippen LogP contribution in [-0.2, 0) is 21.4 Å². The van der Waals surface area contributed by atoms with Crippen molar-refractivity contribution in [2.45, 2.75) is 57.0 Å². The van der Waals surface area contributed by atoms with Crippen LogP contribution in [0.15, 0.2) is 59.5 Å². The summed E-state index contributed by atoms with van der Waals surface area (Å²) >= 11 is 0. The van der Waals surface area contributed by atoms with E-state index in [-0.39, 0.29) is 29.8 Å². The molecule has 1 fully saturated rings. The zero-order valence-corrected chi connectivity index (χ0v) is 20.4. The second-order valence-corrected chi connectivity index (χ2v) is 11.0. The molecule has 2 aromatic carbocycles. The lowest BCUT2D eigenvalue weighted by Crippen LogP contribution is -2.51. The normalized spacial score (nSPS) is 15.3. The first kappa shape index (κ1) is 25.2. The highest BCUT2D eigenvalue weighted by atomic mass is 32.2. The summed E-state index contributed by atoms with van der Waals surface area (Å²) in [6.45, 7) is 4.13. The maximum atomic E-state index is 13.8. The summed E-state index contributed by atoms with van der Waals surface area (Å²) in [5, 5.41) is 11.3. The van der Waals surface area contributed by atoms with E-state index in [1.807, 2.05) is 44.2 Å². The van der Waals surface area contributed by atoms with E-state index in [1.165, 1.54) is 23.5 Å². The van der Waals surface area contributed by atoms with Gasteiger partial charge in [-0.05, 0) is 60.9 Å². The van der Waals surface area contributed by atoms with Crippen molar-refractivity contribution in [3.05, 3.63) is 60.2 Å². The number of benzene rings is 2. The number of carbonyl (C=O) groups excluding carboxylic acids is 1. The summed E-state index contributed by atoms with van der Waals surface area (Å²) in [5.41, 5.74) is 0.764. The fraction of sp³-hybridized carbons (Fsp3) is 0.480. The van der Waals surface area contributed by atoms with Crippen molar-refractivity contribution in [1.82, 2.24) is 9.37 Å². The van der Waals surface area contributed by atoms with Crippen molar-refractivity contribution in [2.75, 3.05) is 13.7 Å². The third-order valence-electron chi connectivity index (χ3n) is 6.08. The van der Waals surface area contributed by atoms with Crippen molar-refractivity contribution in [3.63, 3.8) is 0 Å². The van der Waals surface area contributed by atoms with E-state index in [2.05, 4.69) is 0 Å². The van der Waals surface area contributed by atoms with Crippen LogP contribution in [0.1, 0.15) is 45.1 Å². The minimum absolute atomic E-state index is 0.0234. The summed E-state index contributed by atoms with van der Waals surface area (Å²) in [6.07, 6.45) is 3.32. The number of hydrogen-bond acceptors (Lipinski definition) is 5. The predicted octanol–water partition coefficient (Wildman–Crippen LogP) is 4.32. The molecule has 2 aromatic rings. The Morgan fingerprint density at radius 1 is 1.09 bits per heavy atom. The molecule has 180 valence electrons. The summed E-state index contributed by atoms with van der Waals surface area (Å²) in [6, 6.07) is 14.3. The zero-order chi connectivity index (χ0) is 24.0. The van der Waals surface area contributed by atoms with Crippen LogP contribution in [-0.4, -0.2) is 48.6 Å². The second-order valence-electron chi connectivity index (χ2n) is 9.07. The minimum Gasteiger partial charge on any atom is -0.497 e. The van der Waals surface area contributed by atoms with Gasteiger partial charge in [0.25, 0.3) is 5.91 Å². The lowest BCUT2D eigenvalue weighted by Gasteiger charge is -2.35. The Morgan fingerprint density at radius 3 is 2.24 bits per heavy atom. The van der Waals surface area contributed by atoms with Crippen LogP contribution < -0.4 is 4.74 Å². The van der Waals surface area contributed by atoms with E-state index in [9.17, 15) is 18.4 Å². The van der Waals surface area contributed by atoms with Gasteiger partial charge in [-0.1, -0.05) is 50.6 Å². The highest BCUT2D eigenvalue weighted by molar-refractivity contribution is 7.89. The summed E-state index contributed by atoms with van der Waals surface area (Å²) in [7, 11) is -2.53. The van der Waals surface area contributed by atoms with Gasteiger partial charge < -0.3 is 4.74 Å². The van der Waals surface area contributed by atoms with E-state index < -0.39 is 22.0 Å². The van der Waals surface area contributed by atoms with Gasteiger partial charge in [0.2, 0.25) is 10.0 Å². The van der Waals surface area contributed by atoms with Gasteiger partial charge in [0.1, 0.15) is 11.8 Å². The third kappa shape index (κ3) is 6.34. The van der Waals surface area contributed by atoms with E-state index in [0.717, 1.165) is 29.9 Å². The van der Waals surface area contributed by atoms with E-state index in [4.69, 9.17) is 4.74 Å². The molecule has 1 aliphatic carbocycles. The Balaban J connectivity index is 2.00. The van der Waals surface area contributed by atoms with Crippen LogP contribution in [0.4, 0.5) is 0 Å². The van der Waals surface area contributed by atoms with Crippen molar-refractivity contribution >= 4 is 15.9 Å². The van der Waals surface area contributed by atoms with Crippen LogP contribution in [0.2, 0.25) is 0 Å². The largest absolute Gasteiger partial charge is 0.497 e. The van der Waals surface area contributed by atoms with Crippen LogP contribution in [0, 0.1) is 11.8 Å². The molecule has 33 heavy (non-hydrogen) atoms. The monoisotopic (exact) mass is 474 g/mol. The number of carbonyl (C=O) groups is 1. The van der Waals surface area contributed by atoms with Crippen molar-refractivity contribution in [1.29, 1.82) is 0 Å². The van der Waals surface area contributed by atoms with Crippen LogP contribution in [0.5, 0.6) is 5.75 Å². The molecule has 7 nitrogen and oxygen atoms in total. The smallest absolute Gasteiger partial charge is 0.264 e. The molecule has 1 atom stereocenters. The highest BCUT2D eigenvalue weighted by Crippen LogP contribution is 2.29. The molecule has 0 radical (unpaired) electrons. The number of methoxy groups -OCH3 is 1. The molecule has 0 saturated heterocycles. The van der Waals surface area contributed by atoms with E-state index in [0.29, 0.717) is 12.2 Å². The predicted molar refractivity (Wildman–Crippen MR) is 126 cm³/mol. The maximum absolute atomic E-state index is 13.8. The molecular formula is C25H34N2O5S. The average Bonchev–Trinajstić information content (AvgIpc) is 2.78. The van der Waals surface area contributed by atoms with E-state index in [1.54, 1.807) is 12.1 Å². The van der Waals surface area contributed by atoms with Crippen molar-refractivity contribution in [2.24, 2.45) is 11.8 Å². The Labute approximate surface area is 197 Å². The van der Waals surface area contributed by atoms with Crippen LogP contribution in [0.25, 0.3) is 0 Å². The number of hydrogen-bond donors (Lipinski definition) is 1. The summed E-state index contributed by atoms with van der Waals surface area (Å²) in [5.74, 6) is 0.267. The molecule has 0 unspecified atom stereocenters. The molecule has 3 rings (SSSR count). The molecule has 0 spiro atoms. The van der Waals surface area contributed by atoms with Crippen LogP contribution in [0.3, 0.4) is 0 Å². The average molecular weight is 475 g/mol. The van der Waals surface area contributed by atoms with Gasteiger partial charge >= 0.3 is 0 Å². The molecule has 1 saturated carbocycles. The quantitative estimate of drug-likeness (QED) is 0.387. The molecule has 1 N–H and O–H groups in total. The maximum Gasteiger partial charge on any atom is 0.264 e. The SMILES string of the molecule is COc1ccc(S(=O)(=O)N(Cc2ccccc2)[C@@H](CC(C)C)C(=O)N(O)CC2CCC2)cc1. The Kier molecular flexibility index (Phi) is 8.51. The topological polar surface area (TPSA) is 87.2 Å². The molecule has 0 aromatic heterocycles. The molecule has 8 heteroatoms. The molecule has 0 aliphatic heterocycles. The van der Waals surface area contributed by atoms with Crippen molar-refractivity contribution in [3.8, 4) is 5.75 Å². The lowest BCUT2D eigenvalue weighted by molar-refractivity contribution is -0.174. The van der Waals surface area contributed by atoms with Gasteiger partial charge in [0.05, 0.1) is 18.6 Å². The molecule has 1 aliphatic rings. The van der Waals surface area contributed by atoms with Gasteiger partial charge in [-0.2, -0.15) is 4.31 Å². The Morgan fingerprint density at radius 2 is 1.73 bits per heavy atom. The lowest BCUT2D eigenvalue weighted by atomic mass is 9.85. The zero-order valence-electron chi connectivity index (χ0n) is 19.6. The van der Waals surface area contributed by atoms with Gasteiger partial charge in [-0.3, -0.25) is 10.0 Å². The fourth-order valence-corrected chi connectivity index (χ4v) is 5.56. The summed E-state index contributed by atoms with van der Waals surface area (Å²) in [4.78, 5) is 13.5. The first-order valence-electron chi connectivity index (χ1n) is 11.4.